The Morgan fingerprint density at radius 1 is 1.12 bits per heavy atom. The molecule has 3 rings (SSSR count). The monoisotopic (exact) mass is 349 g/mol. The Bertz CT molecular complexity index is 617. The van der Waals surface area contributed by atoms with Crippen molar-refractivity contribution in [2.45, 2.75) is 18.1 Å². The maximum Gasteiger partial charge on any atom is 0.122 e. The first-order chi connectivity index (χ1) is 11.3. The maximum absolute atomic E-state index is 11.0. The third-order valence-corrected chi connectivity index (χ3v) is 4.31. The SMILES string of the molecule is COc1ccccc1C(c1ccccc1)C(O)C1CNCCO1.Cl. The molecule has 0 spiro atoms. The first-order valence-corrected chi connectivity index (χ1v) is 7.99. The van der Waals surface area contributed by atoms with Gasteiger partial charge in [-0.25, -0.2) is 0 Å². The molecule has 2 aromatic rings. The van der Waals surface area contributed by atoms with Crippen molar-refractivity contribution in [1.29, 1.82) is 0 Å². The van der Waals surface area contributed by atoms with Gasteiger partial charge in [-0.1, -0.05) is 48.5 Å². The van der Waals surface area contributed by atoms with Crippen molar-refractivity contribution in [3.8, 4) is 5.75 Å². The van der Waals surface area contributed by atoms with Crippen molar-refractivity contribution in [3.05, 3.63) is 65.7 Å². The molecule has 0 aromatic heterocycles. The molecule has 1 fully saturated rings. The van der Waals surface area contributed by atoms with Crippen LogP contribution in [0.2, 0.25) is 0 Å². The fourth-order valence-electron chi connectivity index (χ4n) is 3.16. The highest BCUT2D eigenvalue weighted by atomic mass is 35.5. The van der Waals surface area contributed by atoms with Crippen molar-refractivity contribution in [1.82, 2.24) is 5.32 Å². The van der Waals surface area contributed by atoms with Gasteiger partial charge in [-0.3, -0.25) is 0 Å². The Kier molecular flexibility index (Phi) is 7.06. The highest BCUT2D eigenvalue weighted by molar-refractivity contribution is 5.85. The Balaban J connectivity index is 0.00000208. The Hall–Kier alpha value is -1.59. The third kappa shape index (κ3) is 4.08. The molecule has 1 heterocycles. The van der Waals surface area contributed by atoms with Gasteiger partial charge in [0.05, 0.1) is 25.9 Å². The van der Waals surface area contributed by atoms with Crippen LogP contribution >= 0.6 is 12.4 Å². The maximum atomic E-state index is 11.0. The van der Waals surface area contributed by atoms with E-state index in [1.807, 2.05) is 54.6 Å². The molecule has 1 aliphatic heterocycles. The van der Waals surface area contributed by atoms with Gasteiger partial charge in [-0.05, 0) is 11.6 Å². The molecule has 1 saturated heterocycles. The zero-order chi connectivity index (χ0) is 16.1. The fraction of sp³-hybridized carbons (Fsp3) is 0.368. The van der Waals surface area contributed by atoms with Crippen LogP contribution < -0.4 is 10.1 Å². The molecule has 0 amide bonds. The number of hydrogen-bond donors (Lipinski definition) is 2. The third-order valence-electron chi connectivity index (χ3n) is 4.31. The van der Waals surface area contributed by atoms with E-state index < -0.39 is 6.10 Å². The van der Waals surface area contributed by atoms with Crippen molar-refractivity contribution < 1.29 is 14.6 Å². The van der Waals surface area contributed by atoms with Gasteiger partial charge in [0, 0.05) is 24.6 Å². The number of morpholine rings is 1. The molecular weight excluding hydrogens is 326 g/mol. The predicted octanol–water partition coefficient (Wildman–Crippen LogP) is 2.60. The first kappa shape index (κ1) is 18.7. The highest BCUT2D eigenvalue weighted by Gasteiger charge is 2.33. The smallest absolute Gasteiger partial charge is 0.122 e. The van der Waals surface area contributed by atoms with Crippen LogP contribution in [0.25, 0.3) is 0 Å². The van der Waals surface area contributed by atoms with Crippen molar-refractivity contribution in [2.24, 2.45) is 0 Å². The molecule has 3 unspecified atom stereocenters. The van der Waals surface area contributed by atoms with E-state index in [1.165, 1.54) is 0 Å². The van der Waals surface area contributed by atoms with Gasteiger partial charge in [-0.2, -0.15) is 0 Å². The quantitative estimate of drug-likeness (QED) is 0.871. The average Bonchev–Trinajstić information content (AvgIpc) is 2.64. The zero-order valence-electron chi connectivity index (χ0n) is 13.7. The van der Waals surface area contributed by atoms with Crippen LogP contribution in [0, 0.1) is 0 Å². The van der Waals surface area contributed by atoms with E-state index in [-0.39, 0.29) is 24.4 Å². The summed E-state index contributed by atoms with van der Waals surface area (Å²) in [5.74, 6) is 0.585. The van der Waals surface area contributed by atoms with Crippen molar-refractivity contribution in [3.63, 3.8) is 0 Å². The molecule has 5 heteroatoms. The van der Waals surface area contributed by atoms with Gasteiger partial charge in [-0.15, -0.1) is 12.4 Å². The van der Waals surface area contributed by atoms with Crippen molar-refractivity contribution >= 4 is 12.4 Å². The number of aliphatic hydroxyl groups is 1. The number of para-hydroxylation sites is 1. The van der Waals surface area contributed by atoms with E-state index in [9.17, 15) is 5.11 Å². The van der Waals surface area contributed by atoms with Gasteiger partial charge in [0.15, 0.2) is 0 Å². The number of ether oxygens (including phenoxy) is 2. The molecule has 2 aromatic carbocycles. The Labute approximate surface area is 149 Å². The lowest BCUT2D eigenvalue weighted by atomic mass is 9.83. The lowest BCUT2D eigenvalue weighted by Gasteiger charge is -2.33. The van der Waals surface area contributed by atoms with Gasteiger partial charge in [0.25, 0.3) is 0 Å². The summed E-state index contributed by atoms with van der Waals surface area (Å²) >= 11 is 0. The summed E-state index contributed by atoms with van der Waals surface area (Å²) in [4.78, 5) is 0. The number of benzene rings is 2. The molecule has 0 radical (unpaired) electrons. The number of methoxy groups -OCH3 is 1. The van der Waals surface area contributed by atoms with Crippen LogP contribution in [-0.4, -0.2) is 44.1 Å². The largest absolute Gasteiger partial charge is 0.496 e. The van der Waals surface area contributed by atoms with E-state index >= 15 is 0 Å². The van der Waals surface area contributed by atoms with E-state index in [0.717, 1.165) is 23.4 Å². The number of aliphatic hydroxyl groups excluding tert-OH is 1. The molecule has 1 aliphatic rings. The van der Waals surface area contributed by atoms with Crippen LogP contribution in [0.5, 0.6) is 5.75 Å². The number of halogens is 1. The normalized spacial score (nSPS) is 19.8. The molecule has 0 aliphatic carbocycles. The molecule has 0 bridgehead atoms. The van der Waals surface area contributed by atoms with E-state index in [0.29, 0.717) is 13.2 Å². The molecule has 130 valence electrons. The second-order valence-corrected chi connectivity index (χ2v) is 5.73. The van der Waals surface area contributed by atoms with E-state index in [4.69, 9.17) is 9.47 Å². The second kappa shape index (κ2) is 9.04. The summed E-state index contributed by atoms with van der Waals surface area (Å²) in [5.41, 5.74) is 2.03. The van der Waals surface area contributed by atoms with Gasteiger partial charge < -0.3 is 19.9 Å². The highest BCUT2D eigenvalue weighted by Crippen LogP contribution is 2.36. The zero-order valence-corrected chi connectivity index (χ0v) is 14.5. The van der Waals surface area contributed by atoms with E-state index in [1.54, 1.807) is 7.11 Å². The van der Waals surface area contributed by atoms with Gasteiger partial charge in [0.2, 0.25) is 0 Å². The van der Waals surface area contributed by atoms with Crippen LogP contribution in [0.15, 0.2) is 54.6 Å². The minimum atomic E-state index is -0.651. The summed E-state index contributed by atoms with van der Waals surface area (Å²) in [5, 5.41) is 14.3. The summed E-state index contributed by atoms with van der Waals surface area (Å²) in [7, 11) is 1.66. The van der Waals surface area contributed by atoms with Crippen LogP contribution in [0.3, 0.4) is 0 Å². The van der Waals surface area contributed by atoms with Crippen LogP contribution in [0.1, 0.15) is 17.0 Å². The first-order valence-electron chi connectivity index (χ1n) is 7.99. The van der Waals surface area contributed by atoms with Crippen LogP contribution in [0.4, 0.5) is 0 Å². The van der Waals surface area contributed by atoms with Gasteiger partial charge in [0.1, 0.15) is 5.75 Å². The minimum Gasteiger partial charge on any atom is -0.496 e. The fourth-order valence-corrected chi connectivity index (χ4v) is 3.16. The molecule has 24 heavy (non-hydrogen) atoms. The number of rotatable bonds is 5. The standard InChI is InChI=1S/C19H23NO3.ClH/c1-22-16-10-6-5-9-15(16)18(14-7-3-2-4-8-14)19(21)17-13-20-11-12-23-17;/h2-10,17-21H,11-13H2,1H3;1H. The number of hydrogen-bond acceptors (Lipinski definition) is 4. The summed E-state index contributed by atoms with van der Waals surface area (Å²) in [6.45, 7) is 2.10. The van der Waals surface area contributed by atoms with Crippen LogP contribution in [-0.2, 0) is 4.74 Å². The summed E-state index contributed by atoms with van der Waals surface area (Å²) < 4.78 is 11.3. The Morgan fingerprint density at radius 2 is 1.83 bits per heavy atom. The topological polar surface area (TPSA) is 50.7 Å². The number of nitrogens with one attached hydrogen (secondary N) is 1. The Morgan fingerprint density at radius 3 is 2.50 bits per heavy atom. The van der Waals surface area contributed by atoms with Gasteiger partial charge >= 0.3 is 0 Å². The minimum absolute atomic E-state index is 0. The second-order valence-electron chi connectivity index (χ2n) is 5.73. The lowest BCUT2D eigenvalue weighted by molar-refractivity contribution is -0.0578. The van der Waals surface area contributed by atoms with E-state index in [2.05, 4.69) is 5.32 Å². The van der Waals surface area contributed by atoms with Crippen molar-refractivity contribution in [2.75, 3.05) is 26.8 Å². The lowest BCUT2D eigenvalue weighted by Crippen LogP contribution is -2.47. The molecular formula is C19H24ClNO3. The summed E-state index contributed by atoms with van der Waals surface area (Å²) in [6.07, 6.45) is -0.889. The molecule has 0 saturated carbocycles. The summed E-state index contributed by atoms with van der Waals surface area (Å²) in [6, 6.07) is 17.9. The molecule has 2 N–H and O–H groups in total. The molecule has 4 nitrogen and oxygen atoms in total. The molecule has 3 atom stereocenters. The average molecular weight is 350 g/mol. The predicted molar refractivity (Wildman–Crippen MR) is 97.1 cm³/mol.